The number of aromatic hydroxyl groups is 1. The van der Waals surface area contributed by atoms with E-state index in [1.165, 1.54) is 0 Å². The average molecular weight is 283 g/mol. The van der Waals surface area contributed by atoms with Crippen LogP contribution in [0.25, 0.3) is 0 Å². The predicted molar refractivity (Wildman–Crippen MR) is 82.8 cm³/mol. The summed E-state index contributed by atoms with van der Waals surface area (Å²) in [5.41, 5.74) is 1.73. The molecule has 108 valence electrons. The number of benzene rings is 2. The Bertz CT molecular complexity index is 660. The second-order valence-corrected chi connectivity index (χ2v) is 4.66. The molecule has 21 heavy (non-hydrogen) atoms. The molecule has 0 fully saturated rings. The highest BCUT2D eigenvalue weighted by atomic mass is 16.5. The first kappa shape index (κ1) is 14.8. The highest BCUT2D eigenvalue weighted by Gasteiger charge is 2.08. The molecular weight excluding hydrogens is 266 g/mol. The fourth-order valence-corrected chi connectivity index (χ4v) is 1.92. The summed E-state index contributed by atoms with van der Waals surface area (Å²) in [6.07, 6.45) is 0.209. The Morgan fingerprint density at radius 1 is 1.14 bits per heavy atom. The molecule has 0 unspecified atom stereocenters. The van der Waals surface area contributed by atoms with Gasteiger partial charge in [-0.1, -0.05) is 12.1 Å². The lowest BCUT2D eigenvalue weighted by atomic mass is 10.1. The summed E-state index contributed by atoms with van der Waals surface area (Å²) < 4.78 is 5.06. The smallest absolute Gasteiger partial charge is 0.168 e. The minimum absolute atomic E-state index is 0.0191. The van der Waals surface area contributed by atoms with Crippen LogP contribution in [0.4, 0.5) is 5.69 Å². The Balaban J connectivity index is 2.09. The fourth-order valence-electron chi connectivity index (χ4n) is 1.92. The number of hydrogen-bond acceptors (Lipinski definition) is 4. The van der Waals surface area contributed by atoms with Gasteiger partial charge in [-0.15, -0.1) is 0 Å². The summed E-state index contributed by atoms with van der Waals surface area (Å²) in [6, 6.07) is 13.8. The summed E-state index contributed by atoms with van der Waals surface area (Å²) in [4.78, 5) is 16.4. The number of aliphatic imine (C=N–C) groups is 1. The Labute approximate surface area is 123 Å². The van der Waals surface area contributed by atoms with Crippen molar-refractivity contribution in [3.8, 4) is 11.5 Å². The molecule has 0 amide bonds. The van der Waals surface area contributed by atoms with Gasteiger partial charge in [0, 0.05) is 17.7 Å². The van der Waals surface area contributed by atoms with E-state index in [1.54, 1.807) is 62.6 Å². The van der Waals surface area contributed by atoms with E-state index in [0.717, 1.165) is 0 Å². The molecule has 0 spiro atoms. The molecule has 0 saturated heterocycles. The normalized spacial score (nSPS) is 11.2. The quantitative estimate of drug-likeness (QED) is 0.671. The average Bonchev–Trinajstić information content (AvgIpc) is 2.49. The fraction of sp³-hybridized carbons (Fsp3) is 0.176. The Morgan fingerprint density at radius 2 is 1.81 bits per heavy atom. The maximum atomic E-state index is 12.1. The number of hydrogen-bond donors (Lipinski definition) is 1. The first-order valence-corrected chi connectivity index (χ1v) is 6.59. The van der Waals surface area contributed by atoms with Crippen molar-refractivity contribution < 1.29 is 14.6 Å². The van der Waals surface area contributed by atoms with Gasteiger partial charge in [0.2, 0.25) is 0 Å². The van der Waals surface area contributed by atoms with E-state index in [0.29, 0.717) is 22.7 Å². The van der Waals surface area contributed by atoms with E-state index < -0.39 is 0 Å². The SMILES string of the molecule is COc1ccc(C(=O)CC(C)=Nc2ccccc2O)cc1. The molecule has 0 bridgehead atoms. The molecule has 4 heteroatoms. The minimum Gasteiger partial charge on any atom is -0.506 e. The van der Waals surface area contributed by atoms with Gasteiger partial charge in [0.15, 0.2) is 5.78 Å². The van der Waals surface area contributed by atoms with E-state index in [9.17, 15) is 9.90 Å². The molecule has 0 radical (unpaired) electrons. The minimum atomic E-state index is -0.0191. The third-order valence-electron chi connectivity index (χ3n) is 3.02. The Hall–Kier alpha value is -2.62. The van der Waals surface area contributed by atoms with Gasteiger partial charge >= 0.3 is 0 Å². The number of carbonyl (C=O) groups excluding carboxylic acids is 1. The second-order valence-electron chi connectivity index (χ2n) is 4.66. The van der Waals surface area contributed by atoms with Crippen molar-refractivity contribution in [1.29, 1.82) is 0 Å². The Kier molecular flexibility index (Phi) is 4.72. The Morgan fingerprint density at radius 3 is 2.43 bits per heavy atom. The van der Waals surface area contributed by atoms with Gasteiger partial charge in [-0.05, 0) is 43.3 Å². The largest absolute Gasteiger partial charge is 0.506 e. The predicted octanol–water partition coefficient (Wildman–Crippen LogP) is 3.77. The van der Waals surface area contributed by atoms with Crippen molar-refractivity contribution in [2.45, 2.75) is 13.3 Å². The standard InChI is InChI=1S/C17H17NO3/c1-12(18-15-5-3-4-6-16(15)19)11-17(20)13-7-9-14(21-2)10-8-13/h3-10,19H,11H2,1-2H3. The number of ether oxygens (including phenoxy) is 1. The maximum absolute atomic E-state index is 12.1. The number of para-hydroxylation sites is 2. The molecule has 0 aliphatic carbocycles. The molecule has 0 atom stereocenters. The molecule has 0 saturated carbocycles. The maximum Gasteiger partial charge on any atom is 0.168 e. The lowest BCUT2D eigenvalue weighted by Crippen LogP contribution is -2.05. The number of rotatable bonds is 5. The highest BCUT2D eigenvalue weighted by molar-refractivity contribution is 6.09. The van der Waals surface area contributed by atoms with E-state index in [1.807, 2.05) is 0 Å². The van der Waals surface area contributed by atoms with E-state index in [2.05, 4.69) is 4.99 Å². The first-order valence-electron chi connectivity index (χ1n) is 6.59. The number of methoxy groups -OCH3 is 1. The van der Waals surface area contributed by atoms with Crippen LogP contribution in [-0.4, -0.2) is 23.7 Å². The van der Waals surface area contributed by atoms with Gasteiger partial charge in [0.1, 0.15) is 17.2 Å². The number of phenolic OH excluding ortho intramolecular Hbond substituents is 1. The lowest BCUT2D eigenvalue weighted by Gasteiger charge is -2.04. The van der Waals surface area contributed by atoms with Gasteiger partial charge in [-0.3, -0.25) is 9.79 Å². The molecule has 0 aromatic heterocycles. The number of Topliss-reactive ketones (excluding diaryl/α,β-unsaturated/α-hetero) is 1. The van der Waals surface area contributed by atoms with Gasteiger partial charge in [0.25, 0.3) is 0 Å². The van der Waals surface area contributed by atoms with Crippen molar-refractivity contribution in [3.05, 3.63) is 54.1 Å². The van der Waals surface area contributed by atoms with Crippen LogP contribution in [0.2, 0.25) is 0 Å². The van der Waals surface area contributed by atoms with Crippen LogP contribution in [-0.2, 0) is 0 Å². The van der Waals surface area contributed by atoms with Gasteiger partial charge in [-0.25, -0.2) is 0 Å². The third kappa shape index (κ3) is 3.92. The molecule has 2 aromatic rings. The van der Waals surface area contributed by atoms with E-state index >= 15 is 0 Å². The molecule has 0 heterocycles. The number of phenols is 1. The number of ketones is 1. The summed E-state index contributed by atoms with van der Waals surface area (Å²) in [5, 5.41) is 9.66. The van der Waals surface area contributed by atoms with Crippen molar-refractivity contribution in [2.75, 3.05) is 7.11 Å². The van der Waals surface area contributed by atoms with Crippen molar-refractivity contribution in [2.24, 2.45) is 4.99 Å². The third-order valence-corrected chi connectivity index (χ3v) is 3.02. The zero-order chi connectivity index (χ0) is 15.2. The van der Waals surface area contributed by atoms with Crippen LogP contribution in [0.3, 0.4) is 0 Å². The molecule has 2 aromatic carbocycles. The molecule has 2 rings (SSSR count). The summed E-state index contributed by atoms with van der Waals surface area (Å²) in [6.45, 7) is 1.77. The summed E-state index contributed by atoms with van der Waals surface area (Å²) in [7, 11) is 1.58. The van der Waals surface area contributed by atoms with E-state index in [-0.39, 0.29) is 18.0 Å². The highest BCUT2D eigenvalue weighted by Crippen LogP contribution is 2.25. The van der Waals surface area contributed by atoms with Gasteiger partial charge < -0.3 is 9.84 Å². The lowest BCUT2D eigenvalue weighted by molar-refractivity contribution is 0.100. The molecule has 0 aliphatic rings. The van der Waals surface area contributed by atoms with Crippen molar-refractivity contribution in [3.63, 3.8) is 0 Å². The van der Waals surface area contributed by atoms with E-state index in [4.69, 9.17) is 4.74 Å². The van der Waals surface area contributed by atoms with Gasteiger partial charge in [-0.2, -0.15) is 0 Å². The van der Waals surface area contributed by atoms with Crippen LogP contribution in [0.5, 0.6) is 11.5 Å². The van der Waals surface area contributed by atoms with Crippen LogP contribution >= 0.6 is 0 Å². The topological polar surface area (TPSA) is 58.9 Å². The van der Waals surface area contributed by atoms with Crippen LogP contribution in [0, 0.1) is 0 Å². The molecule has 4 nitrogen and oxygen atoms in total. The summed E-state index contributed by atoms with van der Waals surface area (Å²) in [5.74, 6) is 0.800. The second kappa shape index (κ2) is 6.70. The van der Waals surface area contributed by atoms with Crippen LogP contribution < -0.4 is 4.74 Å². The van der Waals surface area contributed by atoms with Crippen LogP contribution in [0.15, 0.2) is 53.5 Å². The molecule has 1 N–H and O–H groups in total. The molecule has 0 aliphatic heterocycles. The number of nitrogens with zero attached hydrogens (tertiary/aromatic N) is 1. The van der Waals surface area contributed by atoms with Gasteiger partial charge in [0.05, 0.1) is 7.11 Å². The van der Waals surface area contributed by atoms with Crippen LogP contribution in [0.1, 0.15) is 23.7 Å². The summed E-state index contributed by atoms with van der Waals surface area (Å²) >= 11 is 0. The molecular formula is C17H17NO3. The zero-order valence-corrected chi connectivity index (χ0v) is 12.0. The number of carbonyl (C=O) groups is 1. The van der Waals surface area contributed by atoms with Crippen molar-refractivity contribution in [1.82, 2.24) is 0 Å². The zero-order valence-electron chi connectivity index (χ0n) is 12.0. The van der Waals surface area contributed by atoms with Crippen molar-refractivity contribution >= 4 is 17.2 Å². The monoisotopic (exact) mass is 283 g/mol. The first-order chi connectivity index (χ1) is 10.1.